The molecule has 1 aliphatic heterocycles. The van der Waals surface area contributed by atoms with Crippen LogP contribution in [0.1, 0.15) is 48.9 Å². The van der Waals surface area contributed by atoms with E-state index in [1.54, 1.807) is 0 Å². The van der Waals surface area contributed by atoms with Crippen molar-refractivity contribution in [3.8, 4) is 6.07 Å². The first-order valence-electron chi connectivity index (χ1n) is 7.48. The number of aryl methyl sites for hydroxylation is 2. The fraction of sp³-hybridized carbons (Fsp3) is 0.625. The SMILES string of the molecule is N#Cc1cc2c(nc1N1CCCC3(CC3)C1)CCC2. The number of anilines is 1. The van der Waals surface area contributed by atoms with Crippen LogP contribution in [0.15, 0.2) is 6.07 Å². The minimum Gasteiger partial charge on any atom is -0.355 e. The van der Waals surface area contributed by atoms with E-state index in [-0.39, 0.29) is 0 Å². The number of hydrogen-bond donors (Lipinski definition) is 0. The molecule has 1 aromatic rings. The number of piperidine rings is 1. The second-order valence-corrected chi connectivity index (χ2v) is 6.46. The van der Waals surface area contributed by atoms with Gasteiger partial charge in [-0.1, -0.05) is 0 Å². The van der Waals surface area contributed by atoms with Gasteiger partial charge < -0.3 is 4.90 Å². The predicted molar refractivity (Wildman–Crippen MR) is 74.1 cm³/mol. The first-order chi connectivity index (χ1) is 9.30. The van der Waals surface area contributed by atoms with Crippen LogP contribution in [0.25, 0.3) is 0 Å². The van der Waals surface area contributed by atoms with E-state index >= 15 is 0 Å². The third-order valence-corrected chi connectivity index (χ3v) is 5.07. The summed E-state index contributed by atoms with van der Waals surface area (Å²) in [5.41, 5.74) is 3.91. The number of nitriles is 1. The lowest BCUT2D eigenvalue weighted by molar-refractivity contribution is 0.393. The molecule has 1 saturated carbocycles. The standard InChI is InChI=1S/C16H19N3/c17-10-13-9-12-3-1-4-14(12)18-15(13)19-8-2-5-16(11-19)6-7-16/h9H,1-8,11H2. The van der Waals surface area contributed by atoms with E-state index in [1.165, 1.54) is 43.4 Å². The third kappa shape index (κ3) is 1.82. The van der Waals surface area contributed by atoms with Crippen molar-refractivity contribution in [1.29, 1.82) is 5.26 Å². The number of fused-ring (bicyclic) bond motifs is 1. The fourth-order valence-corrected chi connectivity index (χ4v) is 3.76. The van der Waals surface area contributed by atoms with Crippen LogP contribution in [0, 0.1) is 16.7 Å². The van der Waals surface area contributed by atoms with Crippen LogP contribution >= 0.6 is 0 Å². The molecule has 0 amide bonds. The van der Waals surface area contributed by atoms with Gasteiger partial charge in [-0.25, -0.2) is 4.98 Å². The summed E-state index contributed by atoms with van der Waals surface area (Å²) in [6, 6.07) is 4.46. The first kappa shape index (κ1) is 11.3. The quantitative estimate of drug-likeness (QED) is 0.772. The molecule has 19 heavy (non-hydrogen) atoms. The van der Waals surface area contributed by atoms with Gasteiger partial charge in [0.25, 0.3) is 0 Å². The maximum Gasteiger partial charge on any atom is 0.146 e. The average molecular weight is 253 g/mol. The smallest absolute Gasteiger partial charge is 0.146 e. The van der Waals surface area contributed by atoms with E-state index in [0.29, 0.717) is 5.41 Å². The lowest BCUT2D eigenvalue weighted by atomic mass is 9.94. The summed E-state index contributed by atoms with van der Waals surface area (Å²) in [7, 11) is 0. The molecule has 0 unspecified atom stereocenters. The van der Waals surface area contributed by atoms with E-state index in [1.807, 2.05) is 0 Å². The molecule has 2 aliphatic carbocycles. The number of pyridine rings is 1. The van der Waals surface area contributed by atoms with Crippen LogP contribution < -0.4 is 4.90 Å². The fourth-order valence-electron chi connectivity index (χ4n) is 3.76. The summed E-state index contributed by atoms with van der Waals surface area (Å²) < 4.78 is 0. The Balaban J connectivity index is 1.72. The van der Waals surface area contributed by atoms with Crippen molar-refractivity contribution in [2.75, 3.05) is 18.0 Å². The summed E-state index contributed by atoms with van der Waals surface area (Å²) in [4.78, 5) is 7.23. The van der Waals surface area contributed by atoms with E-state index in [9.17, 15) is 5.26 Å². The zero-order valence-electron chi connectivity index (χ0n) is 11.3. The Bertz CT molecular complexity index is 566. The summed E-state index contributed by atoms with van der Waals surface area (Å²) in [6.45, 7) is 2.19. The Labute approximate surface area is 114 Å². The molecule has 2 fully saturated rings. The molecule has 0 atom stereocenters. The summed E-state index contributed by atoms with van der Waals surface area (Å²) in [6.07, 6.45) is 8.75. The topological polar surface area (TPSA) is 39.9 Å². The van der Waals surface area contributed by atoms with Crippen molar-refractivity contribution in [2.24, 2.45) is 5.41 Å². The Morgan fingerprint density at radius 2 is 2.11 bits per heavy atom. The summed E-state index contributed by atoms with van der Waals surface area (Å²) in [5.74, 6) is 0.967. The highest BCUT2D eigenvalue weighted by Gasteiger charge is 2.46. The maximum absolute atomic E-state index is 9.41. The van der Waals surface area contributed by atoms with Gasteiger partial charge in [0.05, 0.1) is 5.56 Å². The monoisotopic (exact) mass is 253 g/mol. The molecule has 2 heterocycles. The number of aromatic nitrogens is 1. The summed E-state index contributed by atoms with van der Waals surface area (Å²) >= 11 is 0. The lowest BCUT2D eigenvalue weighted by Gasteiger charge is -2.34. The van der Waals surface area contributed by atoms with Crippen LogP contribution in [0.3, 0.4) is 0 Å². The van der Waals surface area contributed by atoms with Gasteiger partial charge in [0.1, 0.15) is 11.9 Å². The Hall–Kier alpha value is -1.56. The van der Waals surface area contributed by atoms with E-state index in [2.05, 4.69) is 17.0 Å². The molecule has 0 aromatic carbocycles. The molecule has 0 bridgehead atoms. The second kappa shape index (κ2) is 3.96. The van der Waals surface area contributed by atoms with Gasteiger partial charge in [-0.2, -0.15) is 5.26 Å². The Morgan fingerprint density at radius 1 is 1.21 bits per heavy atom. The molecule has 0 N–H and O–H groups in total. The van der Waals surface area contributed by atoms with Crippen molar-refractivity contribution in [1.82, 2.24) is 4.98 Å². The second-order valence-electron chi connectivity index (χ2n) is 6.46. The zero-order chi connectivity index (χ0) is 12.9. The number of hydrogen-bond acceptors (Lipinski definition) is 3. The Kier molecular flexibility index (Phi) is 2.35. The largest absolute Gasteiger partial charge is 0.355 e. The van der Waals surface area contributed by atoms with E-state index < -0.39 is 0 Å². The molecule has 98 valence electrons. The van der Waals surface area contributed by atoms with Gasteiger partial charge in [0.2, 0.25) is 0 Å². The highest BCUT2D eigenvalue weighted by Crippen LogP contribution is 2.52. The van der Waals surface area contributed by atoms with Gasteiger partial charge in [-0.05, 0) is 62.0 Å². The van der Waals surface area contributed by atoms with Crippen molar-refractivity contribution in [3.05, 3.63) is 22.9 Å². The Morgan fingerprint density at radius 3 is 2.89 bits per heavy atom. The molecule has 1 spiro atoms. The maximum atomic E-state index is 9.41. The normalized spacial score (nSPS) is 23.2. The van der Waals surface area contributed by atoms with Crippen molar-refractivity contribution in [3.63, 3.8) is 0 Å². The van der Waals surface area contributed by atoms with Crippen molar-refractivity contribution in [2.45, 2.75) is 44.9 Å². The molecular formula is C16H19N3. The first-order valence-corrected chi connectivity index (χ1v) is 7.48. The van der Waals surface area contributed by atoms with Gasteiger partial charge in [-0.15, -0.1) is 0 Å². The molecule has 4 rings (SSSR count). The highest BCUT2D eigenvalue weighted by molar-refractivity contribution is 5.57. The molecule has 3 aliphatic rings. The van der Waals surface area contributed by atoms with Crippen LogP contribution in [-0.2, 0) is 12.8 Å². The van der Waals surface area contributed by atoms with Crippen molar-refractivity contribution >= 4 is 5.82 Å². The average Bonchev–Trinajstić information content (AvgIpc) is 3.03. The van der Waals surface area contributed by atoms with Gasteiger partial charge in [0, 0.05) is 18.8 Å². The number of rotatable bonds is 1. The minimum atomic E-state index is 0.575. The predicted octanol–water partition coefficient (Wildman–Crippen LogP) is 2.82. The van der Waals surface area contributed by atoms with Gasteiger partial charge in [0.15, 0.2) is 0 Å². The van der Waals surface area contributed by atoms with Crippen molar-refractivity contribution < 1.29 is 0 Å². The van der Waals surface area contributed by atoms with Gasteiger partial charge in [-0.3, -0.25) is 0 Å². The molecule has 0 radical (unpaired) electrons. The van der Waals surface area contributed by atoms with Crippen LogP contribution in [0.5, 0.6) is 0 Å². The molecule has 1 aromatic heterocycles. The van der Waals surface area contributed by atoms with Crippen LogP contribution in [0.4, 0.5) is 5.82 Å². The van der Waals surface area contributed by atoms with Crippen LogP contribution in [-0.4, -0.2) is 18.1 Å². The van der Waals surface area contributed by atoms with E-state index in [0.717, 1.165) is 37.3 Å². The minimum absolute atomic E-state index is 0.575. The molecular weight excluding hydrogens is 234 g/mol. The molecule has 3 heteroatoms. The molecule has 1 saturated heterocycles. The summed E-state index contributed by atoms with van der Waals surface area (Å²) in [5, 5.41) is 9.41. The zero-order valence-corrected chi connectivity index (χ0v) is 11.3. The van der Waals surface area contributed by atoms with Crippen LogP contribution in [0.2, 0.25) is 0 Å². The lowest BCUT2D eigenvalue weighted by Crippen LogP contribution is -2.37. The highest BCUT2D eigenvalue weighted by atomic mass is 15.2. The third-order valence-electron chi connectivity index (χ3n) is 5.07. The number of nitrogens with zero attached hydrogens (tertiary/aromatic N) is 3. The van der Waals surface area contributed by atoms with Gasteiger partial charge >= 0.3 is 0 Å². The van der Waals surface area contributed by atoms with E-state index in [4.69, 9.17) is 4.98 Å². The molecule has 3 nitrogen and oxygen atoms in total.